The molecular formula is C21H21N3O2. The molecule has 1 saturated carbocycles. The van der Waals surface area contributed by atoms with Crippen LogP contribution in [0.5, 0.6) is 0 Å². The van der Waals surface area contributed by atoms with Crippen molar-refractivity contribution in [2.45, 2.75) is 49.9 Å². The van der Waals surface area contributed by atoms with Crippen molar-refractivity contribution in [3.8, 4) is 0 Å². The van der Waals surface area contributed by atoms with Crippen molar-refractivity contribution in [3.05, 3.63) is 75.8 Å². The standard InChI is InChI=1S/C21H21N3O2/c25-24(26)17-11-9-16(10-12-17)19-20-18(15-7-3-1-4-8-15)22-21(23(19)20)13-5-2-6-14-21/h1,3-4,7-12,19-20H,2,5-6,13-14H2/t19-,20-,23?/m1/s1. The number of benzene rings is 2. The molecule has 5 nitrogen and oxygen atoms in total. The second-order valence-electron chi connectivity index (χ2n) is 7.55. The molecule has 26 heavy (non-hydrogen) atoms. The predicted octanol–water partition coefficient (Wildman–Crippen LogP) is 4.48. The SMILES string of the molecule is O=[N+]([O-])c1ccc([C@@H]2[C@H]3C(c4ccccc4)=NC4(CCCCC4)N32)cc1. The molecule has 2 aromatic carbocycles. The van der Waals surface area contributed by atoms with Crippen LogP contribution in [0.2, 0.25) is 0 Å². The van der Waals surface area contributed by atoms with Crippen molar-refractivity contribution >= 4 is 11.4 Å². The van der Waals surface area contributed by atoms with E-state index >= 15 is 0 Å². The summed E-state index contributed by atoms with van der Waals surface area (Å²) in [6.45, 7) is 0. The third kappa shape index (κ3) is 2.31. The number of nitrogens with zero attached hydrogens (tertiary/aromatic N) is 3. The van der Waals surface area contributed by atoms with Crippen LogP contribution in [-0.4, -0.2) is 27.2 Å². The van der Waals surface area contributed by atoms with Crippen molar-refractivity contribution < 1.29 is 4.92 Å². The number of hydrogen-bond acceptors (Lipinski definition) is 4. The molecule has 5 rings (SSSR count). The van der Waals surface area contributed by atoms with E-state index in [1.54, 1.807) is 12.1 Å². The zero-order valence-electron chi connectivity index (χ0n) is 14.5. The number of hydrogen-bond donors (Lipinski definition) is 0. The average molecular weight is 347 g/mol. The van der Waals surface area contributed by atoms with E-state index in [0.717, 1.165) is 18.4 Å². The minimum atomic E-state index is -0.336. The van der Waals surface area contributed by atoms with Gasteiger partial charge < -0.3 is 0 Å². The molecule has 0 radical (unpaired) electrons. The molecule has 0 amide bonds. The first-order valence-corrected chi connectivity index (χ1v) is 9.38. The van der Waals surface area contributed by atoms with Gasteiger partial charge in [-0.15, -0.1) is 0 Å². The van der Waals surface area contributed by atoms with Crippen LogP contribution < -0.4 is 0 Å². The maximum atomic E-state index is 10.9. The second-order valence-corrected chi connectivity index (χ2v) is 7.55. The minimum absolute atomic E-state index is 0.0689. The molecule has 2 aromatic rings. The molecule has 2 aliphatic heterocycles. The quantitative estimate of drug-likeness (QED) is 0.467. The highest BCUT2D eigenvalue weighted by atomic mass is 16.6. The van der Waals surface area contributed by atoms with Crippen LogP contribution in [0.15, 0.2) is 59.6 Å². The van der Waals surface area contributed by atoms with E-state index in [1.165, 1.54) is 30.5 Å². The van der Waals surface area contributed by atoms with Crippen molar-refractivity contribution in [3.63, 3.8) is 0 Å². The molecule has 1 aliphatic carbocycles. The van der Waals surface area contributed by atoms with Gasteiger partial charge >= 0.3 is 0 Å². The smallest absolute Gasteiger partial charge is 0.265 e. The molecule has 3 atom stereocenters. The van der Waals surface area contributed by atoms with Gasteiger partial charge in [-0.1, -0.05) is 48.9 Å². The van der Waals surface area contributed by atoms with Gasteiger partial charge in [-0.05, 0) is 36.8 Å². The Kier molecular flexibility index (Phi) is 3.47. The third-order valence-electron chi connectivity index (χ3n) is 6.07. The van der Waals surface area contributed by atoms with Gasteiger partial charge in [0.15, 0.2) is 0 Å². The van der Waals surface area contributed by atoms with Gasteiger partial charge in [-0.2, -0.15) is 0 Å². The van der Waals surface area contributed by atoms with Crippen LogP contribution >= 0.6 is 0 Å². The monoisotopic (exact) mass is 347 g/mol. The lowest BCUT2D eigenvalue weighted by molar-refractivity contribution is -0.384. The van der Waals surface area contributed by atoms with E-state index in [0.29, 0.717) is 12.1 Å². The van der Waals surface area contributed by atoms with Gasteiger partial charge in [0, 0.05) is 12.1 Å². The zero-order valence-corrected chi connectivity index (χ0v) is 14.5. The Morgan fingerprint density at radius 3 is 2.31 bits per heavy atom. The summed E-state index contributed by atoms with van der Waals surface area (Å²) in [6.07, 6.45) is 5.97. The summed E-state index contributed by atoms with van der Waals surface area (Å²) in [5, 5.41) is 10.9. The van der Waals surface area contributed by atoms with E-state index in [-0.39, 0.29) is 16.3 Å². The molecule has 1 saturated heterocycles. The van der Waals surface area contributed by atoms with Crippen LogP contribution in [0.3, 0.4) is 0 Å². The topological polar surface area (TPSA) is 58.5 Å². The highest BCUT2D eigenvalue weighted by Crippen LogP contribution is 2.59. The Hall–Kier alpha value is -2.53. The number of nitro benzene ring substituents is 1. The van der Waals surface area contributed by atoms with E-state index in [2.05, 4.69) is 29.2 Å². The summed E-state index contributed by atoms with van der Waals surface area (Å²) < 4.78 is 0. The lowest BCUT2D eigenvalue weighted by Gasteiger charge is -2.34. The van der Waals surface area contributed by atoms with Crippen molar-refractivity contribution in [1.82, 2.24) is 4.90 Å². The summed E-state index contributed by atoms with van der Waals surface area (Å²) >= 11 is 0. The molecule has 2 heterocycles. The fourth-order valence-electron chi connectivity index (χ4n) is 4.85. The Labute approximate surface area is 152 Å². The molecular weight excluding hydrogens is 326 g/mol. The van der Waals surface area contributed by atoms with E-state index in [9.17, 15) is 10.1 Å². The highest BCUT2D eigenvalue weighted by Gasteiger charge is 2.65. The molecule has 0 aromatic heterocycles. The molecule has 1 unspecified atom stereocenters. The van der Waals surface area contributed by atoms with Crippen LogP contribution in [0, 0.1) is 10.1 Å². The number of aliphatic imine (C=N–C) groups is 1. The average Bonchev–Trinajstić information content (AvgIpc) is 3.36. The fourth-order valence-corrected chi connectivity index (χ4v) is 4.85. The molecule has 0 bridgehead atoms. The maximum Gasteiger partial charge on any atom is 0.269 e. The van der Waals surface area contributed by atoms with Gasteiger partial charge in [-0.3, -0.25) is 20.0 Å². The van der Waals surface area contributed by atoms with E-state index in [1.807, 2.05) is 18.2 Å². The Balaban J connectivity index is 1.52. The Morgan fingerprint density at radius 2 is 1.65 bits per heavy atom. The number of fused-ring (bicyclic) bond motifs is 2. The van der Waals surface area contributed by atoms with Crippen LogP contribution in [0.1, 0.15) is 49.3 Å². The Morgan fingerprint density at radius 1 is 0.962 bits per heavy atom. The molecule has 132 valence electrons. The first-order chi connectivity index (χ1) is 12.7. The van der Waals surface area contributed by atoms with Gasteiger partial charge in [0.2, 0.25) is 0 Å². The van der Waals surface area contributed by atoms with Gasteiger partial charge in [0.05, 0.1) is 22.7 Å². The minimum Gasteiger partial charge on any atom is -0.265 e. The predicted molar refractivity (Wildman–Crippen MR) is 100 cm³/mol. The first-order valence-electron chi connectivity index (χ1n) is 9.38. The van der Waals surface area contributed by atoms with Gasteiger partial charge in [0.25, 0.3) is 5.69 Å². The number of nitro groups is 1. The van der Waals surface area contributed by atoms with Crippen molar-refractivity contribution in [1.29, 1.82) is 0 Å². The van der Waals surface area contributed by atoms with E-state index in [4.69, 9.17) is 4.99 Å². The molecule has 1 spiro atoms. The van der Waals surface area contributed by atoms with Gasteiger partial charge in [-0.25, -0.2) is 0 Å². The Bertz CT molecular complexity index is 870. The summed E-state index contributed by atoms with van der Waals surface area (Å²) in [6, 6.07) is 18.1. The second kappa shape index (κ2) is 5.74. The maximum absolute atomic E-state index is 10.9. The van der Waals surface area contributed by atoms with E-state index < -0.39 is 0 Å². The van der Waals surface area contributed by atoms with Gasteiger partial charge in [0.1, 0.15) is 5.66 Å². The number of rotatable bonds is 3. The van der Waals surface area contributed by atoms with Crippen LogP contribution in [0.4, 0.5) is 5.69 Å². The normalized spacial score (nSPS) is 28.5. The molecule has 3 aliphatic rings. The molecule has 0 N–H and O–H groups in total. The van der Waals surface area contributed by atoms with Crippen molar-refractivity contribution in [2.75, 3.05) is 0 Å². The summed E-state index contributed by atoms with van der Waals surface area (Å²) in [7, 11) is 0. The lowest BCUT2D eigenvalue weighted by Crippen LogP contribution is -2.36. The van der Waals surface area contributed by atoms with Crippen molar-refractivity contribution in [2.24, 2.45) is 4.99 Å². The molecule has 5 heteroatoms. The van der Waals surface area contributed by atoms with Crippen LogP contribution in [0.25, 0.3) is 0 Å². The molecule has 2 fully saturated rings. The lowest BCUT2D eigenvalue weighted by atomic mass is 9.89. The summed E-state index contributed by atoms with van der Waals surface area (Å²) in [5.74, 6) is 0. The van der Waals surface area contributed by atoms with Crippen LogP contribution in [-0.2, 0) is 0 Å². The first kappa shape index (κ1) is 15.7. The third-order valence-corrected chi connectivity index (χ3v) is 6.07. The highest BCUT2D eigenvalue weighted by molar-refractivity contribution is 6.08. The largest absolute Gasteiger partial charge is 0.269 e. The summed E-state index contributed by atoms with van der Waals surface area (Å²) in [4.78, 5) is 18.4. The summed E-state index contributed by atoms with van der Waals surface area (Å²) in [5.41, 5.74) is 3.64. The zero-order chi connectivity index (χ0) is 17.7. The number of non-ortho nitro benzene ring substituents is 1. The fraction of sp³-hybridized carbons (Fsp3) is 0.381.